The van der Waals surface area contributed by atoms with Gasteiger partial charge in [0.15, 0.2) is 0 Å². The highest BCUT2D eigenvalue weighted by Crippen LogP contribution is 2.43. The first-order chi connectivity index (χ1) is 27.2. The number of para-hydroxylation sites is 1. The smallest absolute Gasteiger partial charge is 0.136 e. The molecule has 0 unspecified atom stereocenters. The minimum absolute atomic E-state index is 0.905. The third-order valence-corrected chi connectivity index (χ3v) is 12.0. The number of nitrogens with zero attached hydrogens (tertiary/aromatic N) is 1. The van der Waals surface area contributed by atoms with Gasteiger partial charge in [-0.2, -0.15) is 0 Å². The molecule has 0 aliphatic rings. The second kappa shape index (κ2) is 12.9. The SMILES string of the molecule is c1cc(-c2cccc(N(c3ccc(-c4cccc5oc6ccccc6c45)cc3)c3ccc4sc5ccccc5c4c3)c2)cc(-c2cccc3ccccc23)c1. The maximum atomic E-state index is 6.24. The van der Waals surface area contributed by atoms with E-state index >= 15 is 0 Å². The normalized spacial score (nSPS) is 11.6. The molecule has 0 bridgehead atoms. The van der Waals surface area contributed by atoms with Crippen LogP contribution in [0.5, 0.6) is 0 Å². The molecule has 2 aromatic heterocycles. The fourth-order valence-electron chi connectivity index (χ4n) is 8.27. The molecule has 0 N–H and O–H groups in total. The van der Waals surface area contributed by atoms with Crippen molar-refractivity contribution in [3.63, 3.8) is 0 Å². The number of thiophene rings is 1. The quantitative estimate of drug-likeness (QED) is 0.170. The van der Waals surface area contributed by atoms with E-state index in [4.69, 9.17) is 4.42 Å². The second-order valence-corrected chi connectivity index (χ2v) is 15.2. The molecule has 0 saturated heterocycles. The first-order valence-corrected chi connectivity index (χ1v) is 19.5. The van der Waals surface area contributed by atoms with Gasteiger partial charge in [-0.05, 0) is 111 Å². The van der Waals surface area contributed by atoms with E-state index in [9.17, 15) is 0 Å². The Bertz CT molecular complexity index is 3220. The average molecular weight is 720 g/mol. The van der Waals surface area contributed by atoms with Crippen molar-refractivity contribution in [1.82, 2.24) is 0 Å². The van der Waals surface area contributed by atoms with Crippen molar-refractivity contribution in [2.45, 2.75) is 0 Å². The van der Waals surface area contributed by atoms with Crippen molar-refractivity contribution in [2.24, 2.45) is 0 Å². The highest BCUT2D eigenvalue weighted by atomic mass is 32.1. The Balaban J connectivity index is 1.05. The molecule has 0 amide bonds. The highest BCUT2D eigenvalue weighted by Gasteiger charge is 2.18. The summed E-state index contributed by atoms with van der Waals surface area (Å²) in [4.78, 5) is 2.39. The van der Waals surface area contributed by atoms with E-state index in [1.54, 1.807) is 0 Å². The topological polar surface area (TPSA) is 16.4 Å². The number of furan rings is 1. The van der Waals surface area contributed by atoms with Crippen LogP contribution in [0.2, 0.25) is 0 Å². The molecule has 3 heteroatoms. The zero-order valence-electron chi connectivity index (χ0n) is 29.8. The second-order valence-electron chi connectivity index (χ2n) is 14.1. The van der Waals surface area contributed by atoms with E-state index in [2.05, 4.69) is 193 Å². The number of hydrogen-bond acceptors (Lipinski definition) is 3. The summed E-state index contributed by atoms with van der Waals surface area (Å²) in [6, 6.07) is 72.3. The molecule has 0 radical (unpaired) electrons. The van der Waals surface area contributed by atoms with Gasteiger partial charge in [0.2, 0.25) is 0 Å². The van der Waals surface area contributed by atoms with Crippen LogP contribution in [-0.2, 0) is 0 Å². The largest absolute Gasteiger partial charge is 0.456 e. The number of hydrogen-bond donors (Lipinski definition) is 0. The van der Waals surface area contributed by atoms with E-state index in [1.807, 2.05) is 23.5 Å². The molecule has 258 valence electrons. The van der Waals surface area contributed by atoms with Gasteiger partial charge in [-0.25, -0.2) is 0 Å². The van der Waals surface area contributed by atoms with Crippen LogP contribution in [0.15, 0.2) is 205 Å². The van der Waals surface area contributed by atoms with Gasteiger partial charge >= 0.3 is 0 Å². The molecule has 9 aromatic carbocycles. The number of fused-ring (bicyclic) bond motifs is 7. The third-order valence-electron chi connectivity index (χ3n) is 10.9. The first kappa shape index (κ1) is 31.6. The number of rotatable bonds is 6. The standard InChI is InChI=1S/C52H33NOS/c1-2-17-42-34(11-1)12-9-20-43(42)38-15-7-13-36(31-38)37-14-8-16-40(32-37)53(41-29-30-51-47(33-41)45-18-4-6-24-50(45)55-51)39-27-25-35(26-28-39)44-21-10-23-49-52(44)46-19-3-5-22-48(46)54-49/h1-33H. The van der Waals surface area contributed by atoms with Crippen molar-refractivity contribution in [3.8, 4) is 33.4 Å². The summed E-state index contributed by atoms with van der Waals surface area (Å²) >= 11 is 1.85. The minimum atomic E-state index is 0.905. The summed E-state index contributed by atoms with van der Waals surface area (Å²) < 4.78 is 8.84. The van der Waals surface area contributed by atoms with E-state index < -0.39 is 0 Å². The summed E-state index contributed by atoms with van der Waals surface area (Å²) in [5, 5.41) is 7.36. The van der Waals surface area contributed by atoms with Gasteiger partial charge in [-0.15, -0.1) is 11.3 Å². The molecular formula is C52H33NOS. The van der Waals surface area contributed by atoms with Crippen LogP contribution >= 0.6 is 11.3 Å². The van der Waals surface area contributed by atoms with E-state index in [1.165, 1.54) is 58.8 Å². The fourth-order valence-corrected chi connectivity index (χ4v) is 9.36. The van der Waals surface area contributed by atoms with Crippen molar-refractivity contribution < 1.29 is 4.42 Å². The maximum absolute atomic E-state index is 6.24. The van der Waals surface area contributed by atoms with Gasteiger partial charge in [-0.3, -0.25) is 0 Å². The van der Waals surface area contributed by atoms with Gasteiger partial charge < -0.3 is 9.32 Å². The van der Waals surface area contributed by atoms with E-state index in [-0.39, 0.29) is 0 Å². The van der Waals surface area contributed by atoms with Crippen molar-refractivity contribution in [2.75, 3.05) is 4.90 Å². The van der Waals surface area contributed by atoms with Gasteiger partial charge in [0.05, 0.1) is 0 Å². The van der Waals surface area contributed by atoms with Gasteiger partial charge in [0.1, 0.15) is 11.2 Å². The van der Waals surface area contributed by atoms with Gasteiger partial charge in [-0.1, -0.05) is 133 Å². The molecule has 0 atom stereocenters. The Labute approximate surface area is 322 Å². The average Bonchev–Trinajstić information content (AvgIpc) is 3.82. The summed E-state index contributed by atoms with van der Waals surface area (Å²) in [5.74, 6) is 0. The molecule has 0 fully saturated rings. The predicted molar refractivity (Wildman–Crippen MR) is 235 cm³/mol. The Morgan fingerprint density at radius 3 is 1.87 bits per heavy atom. The molecule has 0 saturated carbocycles. The fraction of sp³-hybridized carbons (Fsp3) is 0. The molecule has 0 aliphatic heterocycles. The van der Waals surface area contributed by atoms with Crippen LogP contribution in [0, 0.1) is 0 Å². The number of anilines is 3. The third kappa shape index (κ3) is 5.40. The van der Waals surface area contributed by atoms with Crippen LogP contribution < -0.4 is 4.90 Å². The van der Waals surface area contributed by atoms with Crippen LogP contribution in [0.25, 0.3) is 86.3 Å². The minimum Gasteiger partial charge on any atom is -0.456 e. The van der Waals surface area contributed by atoms with Crippen molar-refractivity contribution >= 4 is 81.3 Å². The molecular weight excluding hydrogens is 687 g/mol. The maximum Gasteiger partial charge on any atom is 0.136 e. The van der Waals surface area contributed by atoms with E-state index in [0.29, 0.717) is 0 Å². The molecule has 11 aromatic rings. The monoisotopic (exact) mass is 719 g/mol. The lowest BCUT2D eigenvalue weighted by atomic mass is 9.95. The molecule has 11 rings (SSSR count). The molecule has 55 heavy (non-hydrogen) atoms. The Kier molecular flexibility index (Phi) is 7.39. The Hall–Kier alpha value is -6.94. The van der Waals surface area contributed by atoms with Gasteiger partial charge in [0.25, 0.3) is 0 Å². The zero-order chi connectivity index (χ0) is 36.3. The summed E-state index contributed by atoms with van der Waals surface area (Å²) in [6.45, 7) is 0. The summed E-state index contributed by atoms with van der Waals surface area (Å²) in [5.41, 5.74) is 12.2. The lowest BCUT2D eigenvalue weighted by molar-refractivity contribution is 0.669. The lowest BCUT2D eigenvalue weighted by Crippen LogP contribution is -2.10. The van der Waals surface area contributed by atoms with Gasteiger partial charge in [0, 0.05) is 48.0 Å². The van der Waals surface area contributed by atoms with Crippen LogP contribution in [0.4, 0.5) is 17.1 Å². The predicted octanol–water partition coefficient (Wildman–Crippen LogP) is 15.6. The lowest BCUT2D eigenvalue weighted by Gasteiger charge is -2.26. The highest BCUT2D eigenvalue weighted by molar-refractivity contribution is 7.25. The molecule has 0 spiro atoms. The summed E-state index contributed by atoms with van der Waals surface area (Å²) in [7, 11) is 0. The Morgan fingerprint density at radius 2 is 0.964 bits per heavy atom. The molecule has 2 heterocycles. The van der Waals surface area contributed by atoms with Crippen molar-refractivity contribution in [1.29, 1.82) is 0 Å². The van der Waals surface area contributed by atoms with Crippen LogP contribution in [-0.4, -0.2) is 0 Å². The Morgan fingerprint density at radius 1 is 0.345 bits per heavy atom. The van der Waals surface area contributed by atoms with Crippen LogP contribution in [0.1, 0.15) is 0 Å². The summed E-state index contributed by atoms with van der Waals surface area (Å²) in [6.07, 6.45) is 0. The molecule has 2 nitrogen and oxygen atoms in total. The van der Waals surface area contributed by atoms with E-state index in [0.717, 1.165) is 44.6 Å². The van der Waals surface area contributed by atoms with Crippen molar-refractivity contribution in [3.05, 3.63) is 200 Å². The first-order valence-electron chi connectivity index (χ1n) is 18.7. The number of benzene rings is 9. The molecule has 0 aliphatic carbocycles. The van der Waals surface area contributed by atoms with Crippen LogP contribution in [0.3, 0.4) is 0 Å². The zero-order valence-corrected chi connectivity index (χ0v) is 30.6.